The van der Waals surface area contributed by atoms with E-state index >= 15 is 0 Å². The molecule has 0 aromatic carbocycles. The van der Waals surface area contributed by atoms with Crippen LogP contribution in [0.15, 0.2) is 12.4 Å². The molecule has 0 amide bonds. The standard InChI is InChI=1S/C10H16N4O/c1-15-8-3-2-4-14(7-8)10-6-12-9(11)5-13-10/h5-6,8H,2-4,7H2,1H3,(H2,11,12). The second kappa shape index (κ2) is 4.44. The van der Waals surface area contributed by atoms with Crippen molar-refractivity contribution in [2.45, 2.75) is 18.9 Å². The minimum absolute atomic E-state index is 0.304. The Kier molecular flexibility index (Phi) is 3.01. The minimum Gasteiger partial charge on any atom is -0.382 e. The SMILES string of the molecule is COC1CCCN(c2cnc(N)cn2)C1. The molecule has 2 heterocycles. The monoisotopic (exact) mass is 208 g/mol. The Labute approximate surface area is 89.3 Å². The van der Waals surface area contributed by atoms with Crippen LogP contribution in [0.25, 0.3) is 0 Å². The van der Waals surface area contributed by atoms with Crippen LogP contribution in [0.2, 0.25) is 0 Å². The number of aromatic nitrogens is 2. The van der Waals surface area contributed by atoms with Crippen molar-refractivity contribution in [1.82, 2.24) is 9.97 Å². The summed E-state index contributed by atoms with van der Waals surface area (Å²) in [6.45, 7) is 1.90. The maximum Gasteiger partial charge on any atom is 0.147 e. The van der Waals surface area contributed by atoms with Crippen molar-refractivity contribution in [3.05, 3.63) is 12.4 Å². The van der Waals surface area contributed by atoms with E-state index in [4.69, 9.17) is 10.5 Å². The summed E-state index contributed by atoms with van der Waals surface area (Å²) in [7, 11) is 1.75. The molecule has 1 saturated heterocycles. The normalized spacial score (nSPS) is 21.7. The summed E-state index contributed by atoms with van der Waals surface area (Å²) in [5.41, 5.74) is 5.49. The van der Waals surface area contributed by atoms with Gasteiger partial charge in [-0.1, -0.05) is 0 Å². The topological polar surface area (TPSA) is 64.3 Å². The summed E-state index contributed by atoms with van der Waals surface area (Å²) in [5, 5.41) is 0. The molecule has 1 atom stereocenters. The van der Waals surface area contributed by atoms with Gasteiger partial charge in [0, 0.05) is 20.2 Å². The van der Waals surface area contributed by atoms with E-state index in [-0.39, 0.29) is 0 Å². The Morgan fingerprint density at radius 2 is 2.33 bits per heavy atom. The van der Waals surface area contributed by atoms with Crippen LogP contribution in [-0.2, 0) is 4.74 Å². The van der Waals surface area contributed by atoms with Crippen molar-refractivity contribution in [3.8, 4) is 0 Å². The number of ether oxygens (including phenoxy) is 1. The van der Waals surface area contributed by atoms with Crippen molar-refractivity contribution in [3.63, 3.8) is 0 Å². The third-order valence-corrected chi connectivity index (χ3v) is 2.69. The average Bonchev–Trinajstić information content (AvgIpc) is 2.30. The molecule has 5 heteroatoms. The van der Waals surface area contributed by atoms with Crippen molar-refractivity contribution in [1.29, 1.82) is 0 Å². The van der Waals surface area contributed by atoms with Crippen molar-refractivity contribution in [2.24, 2.45) is 0 Å². The van der Waals surface area contributed by atoms with Crippen LogP contribution in [0.3, 0.4) is 0 Å². The number of nitrogens with two attached hydrogens (primary N) is 1. The zero-order chi connectivity index (χ0) is 10.7. The van der Waals surface area contributed by atoms with Crippen LogP contribution in [0.1, 0.15) is 12.8 Å². The van der Waals surface area contributed by atoms with E-state index in [1.54, 1.807) is 19.5 Å². The molecule has 0 spiro atoms. The van der Waals surface area contributed by atoms with Gasteiger partial charge in [-0.15, -0.1) is 0 Å². The van der Waals surface area contributed by atoms with Crippen LogP contribution in [0.5, 0.6) is 0 Å². The first-order valence-electron chi connectivity index (χ1n) is 5.15. The van der Waals surface area contributed by atoms with Gasteiger partial charge in [-0.05, 0) is 12.8 Å². The Morgan fingerprint density at radius 1 is 1.47 bits per heavy atom. The molecule has 2 N–H and O–H groups in total. The number of rotatable bonds is 2. The van der Waals surface area contributed by atoms with Gasteiger partial charge in [-0.25, -0.2) is 9.97 Å². The Bertz CT molecular complexity index is 314. The Morgan fingerprint density at radius 3 is 3.00 bits per heavy atom. The van der Waals surface area contributed by atoms with Gasteiger partial charge in [-0.2, -0.15) is 0 Å². The summed E-state index contributed by atoms with van der Waals surface area (Å²) in [4.78, 5) is 10.5. The first-order chi connectivity index (χ1) is 7.29. The van der Waals surface area contributed by atoms with E-state index in [2.05, 4.69) is 14.9 Å². The molecule has 15 heavy (non-hydrogen) atoms. The molecule has 1 fully saturated rings. The number of nitrogens with zero attached hydrogens (tertiary/aromatic N) is 3. The van der Waals surface area contributed by atoms with Crippen LogP contribution in [-0.4, -0.2) is 36.3 Å². The van der Waals surface area contributed by atoms with Gasteiger partial charge in [0.25, 0.3) is 0 Å². The van der Waals surface area contributed by atoms with Gasteiger partial charge in [0.2, 0.25) is 0 Å². The number of hydrogen-bond donors (Lipinski definition) is 1. The fraction of sp³-hybridized carbons (Fsp3) is 0.600. The largest absolute Gasteiger partial charge is 0.382 e. The first-order valence-corrected chi connectivity index (χ1v) is 5.15. The maximum atomic E-state index is 5.49. The molecule has 0 saturated carbocycles. The van der Waals surface area contributed by atoms with E-state index in [0.29, 0.717) is 11.9 Å². The molecule has 1 unspecified atom stereocenters. The van der Waals surface area contributed by atoms with Gasteiger partial charge < -0.3 is 15.4 Å². The second-order valence-corrected chi connectivity index (χ2v) is 3.75. The number of hydrogen-bond acceptors (Lipinski definition) is 5. The second-order valence-electron chi connectivity index (χ2n) is 3.75. The zero-order valence-corrected chi connectivity index (χ0v) is 8.89. The predicted octanol–water partition coefficient (Wildman–Crippen LogP) is 0.674. The highest BCUT2D eigenvalue weighted by molar-refractivity contribution is 5.39. The van der Waals surface area contributed by atoms with E-state index in [1.165, 1.54) is 0 Å². The van der Waals surface area contributed by atoms with Crippen LogP contribution in [0.4, 0.5) is 11.6 Å². The number of piperidine rings is 1. The highest BCUT2D eigenvalue weighted by Crippen LogP contribution is 2.18. The minimum atomic E-state index is 0.304. The van der Waals surface area contributed by atoms with Crippen molar-refractivity contribution in [2.75, 3.05) is 30.8 Å². The molecular weight excluding hydrogens is 192 g/mol. The predicted molar refractivity (Wildman–Crippen MR) is 58.7 cm³/mol. The molecule has 5 nitrogen and oxygen atoms in total. The van der Waals surface area contributed by atoms with Gasteiger partial charge in [0.05, 0.1) is 18.5 Å². The summed E-state index contributed by atoms with van der Waals surface area (Å²) in [5.74, 6) is 1.34. The van der Waals surface area contributed by atoms with Gasteiger partial charge in [0.15, 0.2) is 0 Å². The quantitative estimate of drug-likeness (QED) is 0.774. The van der Waals surface area contributed by atoms with Crippen LogP contribution >= 0.6 is 0 Å². The Hall–Kier alpha value is -1.36. The summed E-state index contributed by atoms with van der Waals surface area (Å²) in [6.07, 6.45) is 5.86. The highest BCUT2D eigenvalue weighted by Gasteiger charge is 2.20. The Balaban J connectivity index is 2.06. The lowest BCUT2D eigenvalue weighted by atomic mass is 10.1. The van der Waals surface area contributed by atoms with Gasteiger partial charge in [-0.3, -0.25) is 0 Å². The third-order valence-electron chi connectivity index (χ3n) is 2.69. The molecule has 2 rings (SSSR count). The summed E-state index contributed by atoms with van der Waals surface area (Å²) < 4.78 is 5.35. The fourth-order valence-corrected chi connectivity index (χ4v) is 1.83. The smallest absolute Gasteiger partial charge is 0.147 e. The van der Waals surface area contributed by atoms with Gasteiger partial charge >= 0.3 is 0 Å². The van der Waals surface area contributed by atoms with Crippen molar-refractivity contribution < 1.29 is 4.74 Å². The summed E-state index contributed by atoms with van der Waals surface area (Å²) >= 11 is 0. The fourth-order valence-electron chi connectivity index (χ4n) is 1.83. The molecular formula is C10H16N4O. The average molecular weight is 208 g/mol. The third kappa shape index (κ3) is 2.36. The molecule has 1 aromatic heterocycles. The molecule has 0 aliphatic carbocycles. The van der Waals surface area contributed by atoms with E-state index in [9.17, 15) is 0 Å². The molecule has 1 aliphatic heterocycles. The van der Waals surface area contributed by atoms with E-state index in [0.717, 1.165) is 31.7 Å². The van der Waals surface area contributed by atoms with Crippen molar-refractivity contribution >= 4 is 11.6 Å². The molecule has 82 valence electrons. The van der Waals surface area contributed by atoms with E-state index < -0.39 is 0 Å². The number of nitrogen functional groups attached to an aromatic ring is 1. The van der Waals surface area contributed by atoms with Crippen LogP contribution in [0, 0.1) is 0 Å². The lowest BCUT2D eigenvalue weighted by Crippen LogP contribution is -2.39. The van der Waals surface area contributed by atoms with E-state index in [1.807, 2.05) is 0 Å². The molecule has 0 bridgehead atoms. The summed E-state index contributed by atoms with van der Waals surface area (Å²) in [6, 6.07) is 0. The van der Waals surface area contributed by atoms with Crippen LogP contribution < -0.4 is 10.6 Å². The molecule has 1 aliphatic rings. The maximum absolute atomic E-state index is 5.49. The lowest BCUT2D eigenvalue weighted by molar-refractivity contribution is 0.0891. The number of anilines is 2. The zero-order valence-electron chi connectivity index (χ0n) is 8.89. The first kappa shape index (κ1) is 10.2. The van der Waals surface area contributed by atoms with Gasteiger partial charge in [0.1, 0.15) is 11.6 Å². The lowest BCUT2D eigenvalue weighted by Gasteiger charge is -2.32. The molecule has 1 aromatic rings. The number of methoxy groups -OCH3 is 1. The molecule has 0 radical (unpaired) electrons. The highest BCUT2D eigenvalue weighted by atomic mass is 16.5.